The van der Waals surface area contributed by atoms with E-state index in [1.165, 1.54) is 12.2 Å². The fourth-order valence-electron chi connectivity index (χ4n) is 1.39. The average molecular weight is 257 g/mol. The van der Waals surface area contributed by atoms with Crippen LogP contribution >= 0.6 is 0 Å². The highest BCUT2D eigenvalue weighted by Crippen LogP contribution is 2.11. The molecule has 0 heterocycles. The molecule has 0 aromatic heterocycles. The van der Waals surface area contributed by atoms with Crippen molar-refractivity contribution in [2.75, 3.05) is 0 Å². The van der Waals surface area contributed by atoms with Crippen molar-refractivity contribution < 1.29 is 9.59 Å². The summed E-state index contributed by atoms with van der Waals surface area (Å²) < 4.78 is 0. The minimum atomic E-state index is -0.362. The van der Waals surface area contributed by atoms with Gasteiger partial charge in [-0.15, -0.1) is 0 Å². The number of amides is 1. The topological polar surface area (TPSA) is 82.3 Å². The minimum absolute atomic E-state index is 0.0483. The predicted molar refractivity (Wildman–Crippen MR) is 72.1 cm³/mol. The second-order valence-electron chi connectivity index (χ2n) is 4.21. The molecule has 5 heteroatoms. The maximum Gasteiger partial charge on any atom is 0.266 e. The lowest BCUT2D eigenvalue weighted by Gasteiger charge is -2.09. The molecular formula is C14H15N3O2. The minimum Gasteiger partial charge on any atom is -0.290 e. The molecule has 0 unspecified atom stereocenters. The molecule has 0 radical (unpaired) electrons. The van der Waals surface area contributed by atoms with Crippen molar-refractivity contribution in [1.29, 1.82) is 5.26 Å². The van der Waals surface area contributed by atoms with E-state index in [9.17, 15) is 9.59 Å². The van der Waals surface area contributed by atoms with Gasteiger partial charge >= 0.3 is 0 Å². The van der Waals surface area contributed by atoms with Gasteiger partial charge in [0.2, 0.25) is 0 Å². The standard InChI is InChI=1S/C14H15N3O2/c1-9(5-4-6-15)14(19)17-16-12-7-11(3)13(18)8-10(12)2/h5,7-8H,4H2,1-3H3,(H,17,19)/b9-5+,16-12+. The van der Waals surface area contributed by atoms with E-state index in [1.807, 2.05) is 6.07 Å². The number of carbonyl (C=O) groups is 2. The van der Waals surface area contributed by atoms with Crippen LogP contribution in [0, 0.1) is 11.3 Å². The van der Waals surface area contributed by atoms with Crippen molar-refractivity contribution in [3.63, 3.8) is 0 Å². The smallest absolute Gasteiger partial charge is 0.266 e. The van der Waals surface area contributed by atoms with E-state index in [4.69, 9.17) is 5.26 Å². The summed E-state index contributed by atoms with van der Waals surface area (Å²) in [4.78, 5) is 23.0. The van der Waals surface area contributed by atoms with Crippen LogP contribution in [-0.2, 0) is 9.59 Å². The van der Waals surface area contributed by atoms with Crippen molar-refractivity contribution in [2.45, 2.75) is 27.2 Å². The first-order valence-corrected chi connectivity index (χ1v) is 5.78. The maximum atomic E-state index is 11.6. The van der Waals surface area contributed by atoms with Gasteiger partial charge in [-0.2, -0.15) is 10.4 Å². The molecule has 1 rings (SSSR count). The summed E-state index contributed by atoms with van der Waals surface area (Å²) in [7, 11) is 0. The van der Waals surface area contributed by atoms with Crippen LogP contribution in [0.3, 0.4) is 0 Å². The molecule has 0 aliphatic heterocycles. The third-order valence-electron chi connectivity index (χ3n) is 2.63. The van der Waals surface area contributed by atoms with Crippen LogP contribution in [0.1, 0.15) is 27.2 Å². The Hall–Kier alpha value is -2.48. The first-order chi connectivity index (χ1) is 8.95. The quantitative estimate of drug-likeness (QED) is 0.475. The first-order valence-electron chi connectivity index (χ1n) is 5.78. The maximum absolute atomic E-state index is 11.6. The fourth-order valence-corrected chi connectivity index (χ4v) is 1.39. The largest absolute Gasteiger partial charge is 0.290 e. The van der Waals surface area contributed by atoms with Crippen molar-refractivity contribution in [1.82, 2.24) is 5.43 Å². The Labute approximate surface area is 112 Å². The van der Waals surface area contributed by atoms with Crippen LogP contribution in [0.2, 0.25) is 0 Å². The summed E-state index contributed by atoms with van der Waals surface area (Å²) in [5.74, 6) is -0.411. The van der Waals surface area contributed by atoms with Gasteiger partial charge in [-0.1, -0.05) is 6.08 Å². The summed E-state index contributed by atoms with van der Waals surface area (Å²) in [5.41, 5.74) is 4.67. The third kappa shape index (κ3) is 4.03. The van der Waals surface area contributed by atoms with Crippen LogP contribution in [0.25, 0.3) is 0 Å². The Morgan fingerprint density at radius 3 is 2.74 bits per heavy atom. The first kappa shape index (κ1) is 14.6. The zero-order valence-corrected chi connectivity index (χ0v) is 11.2. The molecule has 0 bridgehead atoms. The number of carbonyl (C=O) groups excluding carboxylic acids is 2. The molecule has 0 atom stereocenters. The van der Waals surface area contributed by atoms with Gasteiger partial charge < -0.3 is 0 Å². The summed E-state index contributed by atoms with van der Waals surface area (Å²) in [6, 6.07) is 1.93. The lowest BCUT2D eigenvalue weighted by molar-refractivity contribution is -0.117. The van der Waals surface area contributed by atoms with Gasteiger partial charge in [-0.25, -0.2) is 5.43 Å². The van der Waals surface area contributed by atoms with E-state index in [0.29, 0.717) is 22.4 Å². The van der Waals surface area contributed by atoms with Gasteiger partial charge in [0.15, 0.2) is 5.78 Å². The molecule has 98 valence electrons. The SMILES string of the molecule is CC1=C/C(=N\NC(=O)/C(C)=C/CC#N)C(C)=CC1=O. The highest BCUT2D eigenvalue weighted by atomic mass is 16.2. The molecule has 19 heavy (non-hydrogen) atoms. The molecule has 5 nitrogen and oxygen atoms in total. The Balaban J connectivity index is 2.78. The number of ketones is 1. The molecule has 0 fully saturated rings. The zero-order chi connectivity index (χ0) is 14.4. The molecule has 1 N–H and O–H groups in total. The number of hydrogen-bond acceptors (Lipinski definition) is 4. The second kappa shape index (κ2) is 6.45. The van der Waals surface area contributed by atoms with Crippen molar-refractivity contribution in [3.8, 4) is 6.07 Å². The molecule has 0 aromatic carbocycles. The lowest BCUT2D eigenvalue weighted by atomic mass is 9.99. The Morgan fingerprint density at radius 2 is 2.11 bits per heavy atom. The van der Waals surface area contributed by atoms with Crippen molar-refractivity contribution in [2.24, 2.45) is 5.10 Å². The monoisotopic (exact) mass is 257 g/mol. The molecule has 1 aliphatic carbocycles. The molecule has 0 saturated heterocycles. The molecule has 0 aromatic rings. The van der Waals surface area contributed by atoms with Gasteiger partial charge in [0.05, 0.1) is 18.2 Å². The lowest BCUT2D eigenvalue weighted by Crippen LogP contribution is -2.21. The highest BCUT2D eigenvalue weighted by molar-refractivity contribution is 6.21. The van der Waals surface area contributed by atoms with Gasteiger partial charge in [0.25, 0.3) is 5.91 Å². The van der Waals surface area contributed by atoms with Crippen molar-refractivity contribution in [3.05, 3.63) is 34.9 Å². The van der Waals surface area contributed by atoms with E-state index in [2.05, 4.69) is 10.5 Å². The second-order valence-corrected chi connectivity index (χ2v) is 4.21. The van der Waals surface area contributed by atoms with Crippen LogP contribution in [-0.4, -0.2) is 17.4 Å². The fraction of sp³-hybridized carbons (Fsp3) is 0.286. The van der Waals surface area contributed by atoms with E-state index < -0.39 is 0 Å². The summed E-state index contributed by atoms with van der Waals surface area (Å²) in [6.45, 7) is 5.06. The Kier molecular flexibility index (Phi) is 4.95. The van der Waals surface area contributed by atoms with Crippen LogP contribution in [0.15, 0.2) is 40.0 Å². The number of allylic oxidation sites excluding steroid dienone is 5. The van der Waals surface area contributed by atoms with Gasteiger partial charge in [-0.05, 0) is 44.1 Å². The zero-order valence-electron chi connectivity index (χ0n) is 11.2. The van der Waals surface area contributed by atoms with E-state index in [-0.39, 0.29) is 18.1 Å². The highest BCUT2D eigenvalue weighted by Gasteiger charge is 2.13. The molecular weight excluding hydrogens is 242 g/mol. The number of nitriles is 1. The van der Waals surface area contributed by atoms with Crippen LogP contribution in [0.5, 0.6) is 0 Å². The van der Waals surface area contributed by atoms with Crippen LogP contribution in [0.4, 0.5) is 0 Å². The van der Waals surface area contributed by atoms with E-state index >= 15 is 0 Å². The number of rotatable bonds is 3. The Morgan fingerprint density at radius 1 is 1.42 bits per heavy atom. The van der Waals surface area contributed by atoms with Gasteiger partial charge in [0.1, 0.15) is 0 Å². The van der Waals surface area contributed by atoms with E-state index in [0.717, 1.165) is 0 Å². The summed E-state index contributed by atoms with van der Waals surface area (Å²) >= 11 is 0. The third-order valence-corrected chi connectivity index (χ3v) is 2.63. The van der Waals surface area contributed by atoms with E-state index in [1.54, 1.807) is 26.8 Å². The Bertz CT molecular complexity index is 572. The number of hydrazone groups is 1. The normalized spacial score (nSPS) is 17.7. The molecule has 1 aliphatic rings. The molecule has 1 amide bonds. The average Bonchev–Trinajstić information content (AvgIpc) is 2.38. The predicted octanol–water partition coefficient (Wildman–Crippen LogP) is 1.79. The number of nitrogens with one attached hydrogen (secondary N) is 1. The summed E-state index contributed by atoms with van der Waals surface area (Å²) in [6.07, 6.45) is 4.83. The number of hydrogen-bond donors (Lipinski definition) is 1. The van der Waals surface area contributed by atoms with Gasteiger partial charge in [-0.3, -0.25) is 9.59 Å². The van der Waals surface area contributed by atoms with Crippen LogP contribution < -0.4 is 5.43 Å². The molecule has 0 spiro atoms. The number of nitrogens with zero attached hydrogens (tertiary/aromatic N) is 2. The molecule has 0 saturated carbocycles. The van der Waals surface area contributed by atoms with Gasteiger partial charge in [0, 0.05) is 5.57 Å². The summed E-state index contributed by atoms with van der Waals surface area (Å²) in [5, 5.41) is 12.4. The van der Waals surface area contributed by atoms with Crippen molar-refractivity contribution >= 4 is 17.4 Å².